The number of imidazole rings is 1. The molecular formula is C20H22N6O2. The molecule has 5 heterocycles. The topological polar surface area (TPSA) is 99.7 Å². The summed E-state index contributed by atoms with van der Waals surface area (Å²) >= 11 is 0. The van der Waals surface area contributed by atoms with E-state index >= 15 is 0 Å². The van der Waals surface area contributed by atoms with Crippen molar-refractivity contribution >= 4 is 5.91 Å². The Kier molecular flexibility index (Phi) is 4.11. The van der Waals surface area contributed by atoms with Gasteiger partial charge in [-0.15, -0.1) is 0 Å². The van der Waals surface area contributed by atoms with Gasteiger partial charge in [-0.05, 0) is 36.5 Å². The normalized spacial score (nSPS) is 20.8. The van der Waals surface area contributed by atoms with Gasteiger partial charge in [0.2, 0.25) is 5.91 Å². The maximum atomic E-state index is 13.0. The summed E-state index contributed by atoms with van der Waals surface area (Å²) in [6, 6.07) is 3.88. The van der Waals surface area contributed by atoms with E-state index in [1.54, 1.807) is 18.6 Å². The first-order chi connectivity index (χ1) is 13.7. The number of hydrogen-bond acceptors (Lipinski definition) is 4. The highest BCUT2D eigenvalue weighted by Crippen LogP contribution is 2.35. The lowest BCUT2D eigenvalue weighted by molar-refractivity contribution is -0.133. The fourth-order valence-electron chi connectivity index (χ4n) is 4.57. The van der Waals surface area contributed by atoms with Gasteiger partial charge >= 0.3 is 0 Å². The van der Waals surface area contributed by atoms with Crippen molar-refractivity contribution < 1.29 is 4.79 Å². The van der Waals surface area contributed by atoms with E-state index in [9.17, 15) is 9.59 Å². The number of aromatic amines is 2. The summed E-state index contributed by atoms with van der Waals surface area (Å²) in [6.07, 6.45) is 9.19. The highest BCUT2D eigenvalue weighted by molar-refractivity contribution is 5.76. The van der Waals surface area contributed by atoms with Gasteiger partial charge in [0.05, 0.1) is 11.8 Å². The first-order valence-corrected chi connectivity index (χ1v) is 9.68. The van der Waals surface area contributed by atoms with E-state index in [2.05, 4.69) is 20.2 Å². The van der Waals surface area contributed by atoms with E-state index < -0.39 is 0 Å². The Labute approximate surface area is 161 Å². The SMILES string of the molecule is O=C(CCc1cn[nH]c1)N1C[C@@H]2C[C@H](C1)c1ccc(-c3ncc[nH]3)c(=O)n1C2. The molecule has 144 valence electrons. The number of fused-ring (bicyclic) bond motifs is 4. The molecular weight excluding hydrogens is 356 g/mol. The minimum absolute atomic E-state index is 0.00174. The zero-order chi connectivity index (χ0) is 19.1. The molecule has 1 saturated heterocycles. The predicted octanol–water partition coefficient (Wildman–Crippen LogP) is 1.54. The van der Waals surface area contributed by atoms with Crippen LogP contribution in [0.3, 0.4) is 0 Å². The number of hydrogen-bond donors (Lipinski definition) is 2. The van der Waals surface area contributed by atoms with Crippen LogP contribution in [0.2, 0.25) is 0 Å². The number of nitrogens with one attached hydrogen (secondary N) is 2. The van der Waals surface area contributed by atoms with Crippen LogP contribution in [-0.2, 0) is 17.8 Å². The highest BCUT2D eigenvalue weighted by Gasteiger charge is 2.36. The number of nitrogens with zero attached hydrogens (tertiary/aromatic N) is 4. The molecule has 3 aromatic heterocycles. The lowest BCUT2D eigenvalue weighted by Gasteiger charge is -2.43. The van der Waals surface area contributed by atoms with Gasteiger partial charge in [-0.3, -0.25) is 14.7 Å². The van der Waals surface area contributed by atoms with Crippen LogP contribution < -0.4 is 5.56 Å². The Bertz CT molecular complexity index is 1040. The molecule has 1 amide bonds. The molecule has 28 heavy (non-hydrogen) atoms. The van der Waals surface area contributed by atoms with Crippen LogP contribution in [0.5, 0.6) is 0 Å². The molecule has 2 bridgehead atoms. The van der Waals surface area contributed by atoms with Gasteiger partial charge < -0.3 is 14.5 Å². The highest BCUT2D eigenvalue weighted by atomic mass is 16.2. The van der Waals surface area contributed by atoms with Crippen LogP contribution in [0.1, 0.15) is 30.0 Å². The van der Waals surface area contributed by atoms with Crippen LogP contribution in [0.25, 0.3) is 11.4 Å². The van der Waals surface area contributed by atoms with Gasteiger partial charge in [0, 0.05) is 56.3 Å². The Hall–Kier alpha value is -3.16. The monoisotopic (exact) mass is 378 g/mol. The Balaban J connectivity index is 1.36. The second-order valence-electron chi connectivity index (χ2n) is 7.73. The molecule has 2 N–H and O–H groups in total. The van der Waals surface area contributed by atoms with Crippen LogP contribution in [0.15, 0.2) is 41.7 Å². The third-order valence-corrected chi connectivity index (χ3v) is 5.89. The van der Waals surface area contributed by atoms with Crippen LogP contribution in [0.4, 0.5) is 0 Å². The quantitative estimate of drug-likeness (QED) is 0.719. The molecule has 0 aliphatic carbocycles. The Morgan fingerprint density at radius 3 is 2.96 bits per heavy atom. The average molecular weight is 378 g/mol. The maximum absolute atomic E-state index is 13.0. The number of amides is 1. The fourth-order valence-corrected chi connectivity index (χ4v) is 4.57. The molecule has 0 spiro atoms. The molecule has 5 rings (SSSR count). The van der Waals surface area contributed by atoms with Gasteiger partial charge in [0.15, 0.2) is 0 Å². The number of pyridine rings is 1. The van der Waals surface area contributed by atoms with Crippen molar-refractivity contribution in [2.45, 2.75) is 31.7 Å². The van der Waals surface area contributed by atoms with Crippen molar-refractivity contribution in [3.8, 4) is 11.4 Å². The van der Waals surface area contributed by atoms with Crippen LogP contribution >= 0.6 is 0 Å². The molecule has 8 nitrogen and oxygen atoms in total. The van der Waals surface area contributed by atoms with Gasteiger partial charge in [0.25, 0.3) is 5.56 Å². The summed E-state index contributed by atoms with van der Waals surface area (Å²) in [5.74, 6) is 1.31. The van der Waals surface area contributed by atoms with Gasteiger partial charge in [0.1, 0.15) is 5.82 Å². The van der Waals surface area contributed by atoms with Crippen molar-refractivity contribution in [3.63, 3.8) is 0 Å². The molecule has 0 aromatic carbocycles. The number of aryl methyl sites for hydroxylation is 1. The molecule has 2 atom stereocenters. The van der Waals surface area contributed by atoms with Crippen molar-refractivity contribution in [1.82, 2.24) is 29.6 Å². The molecule has 8 heteroatoms. The summed E-state index contributed by atoms with van der Waals surface area (Å²) in [5, 5.41) is 6.71. The van der Waals surface area contributed by atoms with Crippen molar-refractivity contribution in [1.29, 1.82) is 0 Å². The number of likely N-dealkylation sites (tertiary alicyclic amines) is 1. The summed E-state index contributed by atoms with van der Waals surface area (Å²) in [4.78, 5) is 34.9. The molecule has 0 saturated carbocycles. The lowest BCUT2D eigenvalue weighted by atomic mass is 9.82. The van der Waals surface area contributed by atoms with Crippen molar-refractivity contribution in [2.24, 2.45) is 5.92 Å². The average Bonchev–Trinajstić information content (AvgIpc) is 3.41. The number of piperidine rings is 1. The summed E-state index contributed by atoms with van der Waals surface area (Å²) < 4.78 is 1.89. The van der Waals surface area contributed by atoms with E-state index in [0.29, 0.717) is 43.2 Å². The zero-order valence-corrected chi connectivity index (χ0v) is 15.5. The lowest BCUT2D eigenvalue weighted by Crippen LogP contribution is -2.49. The second kappa shape index (κ2) is 6.78. The molecule has 2 aliphatic rings. The first kappa shape index (κ1) is 17.0. The molecule has 1 fully saturated rings. The predicted molar refractivity (Wildman–Crippen MR) is 103 cm³/mol. The smallest absolute Gasteiger partial charge is 0.261 e. The number of aromatic nitrogens is 5. The first-order valence-electron chi connectivity index (χ1n) is 9.68. The zero-order valence-electron chi connectivity index (χ0n) is 15.5. The number of H-pyrrole nitrogens is 2. The number of carbonyl (C=O) groups is 1. The van der Waals surface area contributed by atoms with Crippen LogP contribution in [-0.4, -0.2) is 48.6 Å². The molecule has 3 aromatic rings. The standard InChI is InChI=1S/C20H22N6O2/c27-18(4-1-13-8-23-24-9-13)25-10-14-7-15(12-25)17-3-2-16(19-21-5-6-22-19)20(28)26(17)11-14/h2-3,5-6,8-9,14-15H,1,4,7,10-12H2,(H,21,22)(H,23,24)/t14-,15+/m0/s1. The minimum atomic E-state index is 0.00174. The molecule has 2 aliphatic heterocycles. The van der Waals surface area contributed by atoms with Crippen molar-refractivity contribution in [2.75, 3.05) is 13.1 Å². The molecule has 0 radical (unpaired) electrons. The van der Waals surface area contributed by atoms with E-state index in [4.69, 9.17) is 0 Å². The summed E-state index contributed by atoms with van der Waals surface area (Å²) in [6.45, 7) is 2.06. The summed E-state index contributed by atoms with van der Waals surface area (Å²) in [5.41, 5.74) is 2.68. The third kappa shape index (κ3) is 2.94. The van der Waals surface area contributed by atoms with E-state index in [1.807, 2.05) is 27.8 Å². The maximum Gasteiger partial charge on any atom is 0.261 e. The molecule has 0 unspecified atom stereocenters. The van der Waals surface area contributed by atoms with E-state index in [0.717, 1.165) is 24.2 Å². The van der Waals surface area contributed by atoms with E-state index in [1.165, 1.54) is 0 Å². The van der Waals surface area contributed by atoms with E-state index in [-0.39, 0.29) is 17.4 Å². The van der Waals surface area contributed by atoms with Gasteiger partial charge in [-0.25, -0.2) is 4.98 Å². The Morgan fingerprint density at radius 1 is 1.25 bits per heavy atom. The van der Waals surface area contributed by atoms with Gasteiger partial charge in [-0.1, -0.05) is 0 Å². The number of rotatable bonds is 4. The minimum Gasteiger partial charge on any atom is -0.344 e. The Morgan fingerprint density at radius 2 is 2.18 bits per heavy atom. The van der Waals surface area contributed by atoms with Crippen LogP contribution in [0, 0.1) is 5.92 Å². The van der Waals surface area contributed by atoms with Crippen molar-refractivity contribution in [3.05, 3.63) is 58.5 Å². The second-order valence-corrected chi connectivity index (χ2v) is 7.73. The fraction of sp³-hybridized carbons (Fsp3) is 0.400. The third-order valence-electron chi connectivity index (χ3n) is 5.89. The largest absolute Gasteiger partial charge is 0.344 e. The number of carbonyl (C=O) groups excluding carboxylic acids is 1. The van der Waals surface area contributed by atoms with Gasteiger partial charge in [-0.2, -0.15) is 5.10 Å². The summed E-state index contributed by atoms with van der Waals surface area (Å²) in [7, 11) is 0.